The van der Waals surface area contributed by atoms with Gasteiger partial charge < -0.3 is 4.74 Å². The minimum atomic E-state index is 0.561. The molecule has 0 radical (unpaired) electrons. The second-order valence-corrected chi connectivity index (χ2v) is 4.80. The van der Waals surface area contributed by atoms with E-state index >= 15 is 0 Å². The highest BCUT2D eigenvalue weighted by Crippen LogP contribution is 2.21. The van der Waals surface area contributed by atoms with Gasteiger partial charge in [0.1, 0.15) is 12.4 Å². The van der Waals surface area contributed by atoms with Gasteiger partial charge in [0.15, 0.2) is 0 Å². The summed E-state index contributed by atoms with van der Waals surface area (Å²) in [4.78, 5) is 0. The number of hydrogen-bond donors (Lipinski definition) is 0. The molecule has 0 N–H and O–H groups in total. The summed E-state index contributed by atoms with van der Waals surface area (Å²) in [6.07, 6.45) is 0. The summed E-state index contributed by atoms with van der Waals surface area (Å²) in [5.74, 6) is 0.822. The van der Waals surface area contributed by atoms with Crippen molar-refractivity contribution in [2.24, 2.45) is 10.2 Å². The van der Waals surface area contributed by atoms with E-state index in [2.05, 4.69) is 10.2 Å². The molecule has 3 heteroatoms. The van der Waals surface area contributed by atoms with Crippen LogP contribution in [0.2, 0.25) is 0 Å². The summed E-state index contributed by atoms with van der Waals surface area (Å²) in [7, 11) is 0. The van der Waals surface area contributed by atoms with Crippen molar-refractivity contribution in [3.63, 3.8) is 0 Å². The van der Waals surface area contributed by atoms with E-state index in [4.69, 9.17) is 4.74 Å². The highest BCUT2D eigenvalue weighted by Gasteiger charge is 1.96. The van der Waals surface area contributed by atoms with Gasteiger partial charge in [-0.05, 0) is 42.0 Å². The molecule has 0 saturated heterocycles. The highest BCUT2D eigenvalue weighted by molar-refractivity contribution is 5.42. The van der Waals surface area contributed by atoms with Crippen LogP contribution in [0.4, 0.5) is 11.4 Å². The van der Waals surface area contributed by atoms with Crippen LogP contribution >= 0.6 is 0 Å². The summed E-state index contributed by atoms with van der Waals surface area (Å²) in [5.41, 5.74) is 2.79. The monoisotopic (exact) mass is 288 g/mol. The van der Waals surface area contributed by atoms with E-state index in [0.29, 0.717) is 6.61 Å². The maximum Gasteiger partial charge on any atom is 0.119 e. The molecule has 0 amide bonds. The fourth-order valence-corrected chi connectivity index (χ4v) is 1.96. The van der Waals surface area contributed by atoms with Crippen molar-refractivity contribution in [1.82, 2.24) is 0 Å². The van der Waals surface area contributed by atoms with E-state index in [1.807, 2.05) is 84.9 Å². The fraction of sp³-hybridized carbons (Fsp3) is 0.0526. The van der Waals surface area contributed by atoms with Crippen molar-refractivity contribution in [1.29, 1.82) is 0 Å². The molecule has 0 saturated carbocycles. The van der Waals surface area contributed by atoms with Crippen molar-refractivity contribution >= 4 is 11.4 Å². The van der Waals surface area contributed by atoms with E-state index in [-0.39, 0.29) is 0 Å². The molecule has 0 heterocycles. The van der Waals surface area contributed by atoms with Crippen LogP contribution in [0.3, 0.4) is 0 Å². The molecule has 0 aromatic heterocycles. The summed E-state index contributed by atoms with van der Waals surface area (Å²) in [6, 6.07) is 27.4. The number of hydrogen-bond acceptors (Lipinski definition) is 3. The van der Waals surface area contributed by atoms with Crippen LogP contribution < -0.4 is 4.74 Å². The predicted molar refractivity (Wildman–Crippen MR) is 87.8 cm³/mol. The molecule has 0 aliphatic heterocycles. The van der Waals surface area contributed by atoms with Gasteiger partial charge in [0.05, 0.1) is 11.4 Å². The second-order valence-electron chi connectivity index (χ2n) is 4.80. The zero-order valence-electron chi connectivity index (χ0n) is 12.1. The van der Waals surface area contributed by atoms with E-state index < -0.39 is 0 Å². The Labute approximate surface area is 129 Å². The molecule has 3 nitrogen and oxygen atoms in total. The smallest absolute Gasteiger partial charge is 0.119 e. The minimum absolute atomic E-state index is 0.561. The number of nitrogens with zero attached hydrogens (tertiary/aromatic N) is 2. The van der Waals surface area contributed by atoms with Crippen LogP contribution in [0.15, 0.2) is 95.2 Å². The predicted octanol–water partition coefficient (Wildman–Crippen LogP) is 5.68. The quantitative estimate of drug-likeness (QED) is 0.556. The molecule has 108 valence electrons. The maximum absolute atomic E-state index is 5.74. The molecular weight excluding hydrogens is 272 g/mol. The van der Waals surface area contributed by atoms with Gasteiger partial charge in [-0.1, -0.05) is 48.5 Å². The lowest BCUT2D eigenvalue weighted by molar-refractivity contribution is 0.306. The Bertz CT molecular complexity index is 722. The van der Waals surface area contributed by atoms with Crippen LogP contribution in [-0.4, -0.2) is 0 Å². The summed E-state index contributed by atoms with van der Waals surface area (Å²) >= 11 is 0. The van der Waals surface area contributed by atoms with E-state index in [9.17, 15) is 0 Å². The second kappa shape index (κ2) is 7.18. The van der Waals surface area contributed by atoms with Gasteiger partial charge in [-0.3, -0.25) is 0 Å². The normalized spacial score (nSPS) is 10.7. The number of azo groups is 1. The first-order valence-electron chi connectivity index (χ1n) is 7.14. The largest absolute Gasteiger partial charge is 0.489 e. The first-order chi connectivity index (χ1) is 10.9. The third kappa shape index (κ3) is 4.03. The Morgan fingerprint density at radius 3 is 1.77 bits per heavy atom. The summed E-state index contributed by atoms with van der Waals surface area (Å²) in [5, 5.41) is 8.39. The molecule has 22 heavy (non-hydrogen) atoms. The van der Waals surface area contributed by atoms with Crippen LogP contribution in [0, 0.1) is 0 Å². The summed E-state index contributed by atoms with van der Waals surface area (Å²) < 4.78 is 5.74. The van der Waals surface area contributed by atoms with Gasteiger partial charge in [0, 0.05) is 0 Å². The molecule has 0 bridgehead atoms. The highest BCUT2D eigenvalue weighted by atomic mass is 16.5. The van der Waals surface area contributed by atoms with Crippen molar-refractivity contribution in [2.45, 2.75) is 6.61 Å². The molecular formula is C19H16N2O. The van der Waals surface area contributed by atoms with Gasteiger partial charge in [0.25, 0.3) is 0 Å². The number of ether oxygens (including phenoxy) is 1. The fourth-order valence-electron chi connectivity index (χ4n) is 1.96. The molecule has 3 aromatic carbocycles. The van der Waals surface area contributed by atoms with Gasteiger partial charge in [-0.2, -0.15) is 10.2 Å². The van der Waals surface area contributed by atoms with Crippen LogP contribution in [-0.2, 0) is 6.61 Å². The molecule has 0 fully saturated rings. The Balaban J connectivity index is 1.59. The standard InChI is InChI=1S/C19H16N2O/c1-3-7-16(8-4-1)15-22-19-13-11-18(12-14-19)21-20-17-9-5-2-6-10-17/h1-14H,15H2. The van der Waals surface area contributed by atoms with E-state index in [0.717, 1.165) is 22.7 Å². The molecule has 3 rings (SSSR count). The van der Waals surface area contributed by atoms with E-state index in [1.165, 1.54) is 0 Å². The Hall–Kier alpha value is -2.94. The zero-order chi connectivity index (χ0) is 15.0. The first-order valence-corrected chi connectivity index (χ1v) is 7.14. The Morgan fingerprint density at radius 2 is 1.14 bits per heavy atom. The topological polar surface area (TPSA) is 34.0 Å². The summed E-state index contributed by atoms with van der Waals surface area (Å²) in [6.45, 7) is 0.561. The molecule has 3 aromatic rings. The zero-order valence-corrected chi connectivity index (χ0v) is 12.1. The van der Waals surface area contributed by atoms with Crippen molar-refractivity contribution in [3.05, 3.63) is 90.5 Å². The molecule has 0 aliphatic carbocycles. The lowest BCUT2D eigenvalue weighted by Crippen LogP contribution is -1.94. The van der Waals surface area contributed by atoms with Crippen molar-refractivity contribution in [3.8, 4) is 5.75 Å². The molecule has 0 aliphatic rings. The Kier molecular flexibility index (Phi) is 4.57. The van der Waals surface area contributed by atoms with E-state index in [1.54, 1.807) is 0 Å². The van der Waals surface area contributed by atoms with Crippen LogP contribution in [0.25, 0.3) is 0 Å². The van der Waals surface area contributed by atoms with Gasteiger partial charge in [-0.15, -0.1) is 0 Å². The third-order valence-electron chi connectivity index (χ3n) is 3.12. The lowest BCUT2D eigenvalue weighted by atomic mass is 10.2. The SMILES string of the molecule is c1ccc(COc2ccc(N=Nc3ccccc3)cc2)cc1. The number of benzene rings is 3. The average molecular weight is 288 g/mol. The third-order valence-corrected chi connectivity index (χ3v) is 3.12. The van der Waals surface area contributed by atoms with Crippen molar-refractivity contribution in [2.75, 3.05) is 0 Å². The van der Waals surface area contributed by atoms with Crippen LogP contribution in [0.5, 0.6) is 5.75 Å². The maximum atomic E-state index is 5.74. The number of rotatable bonds is 5. The average Bonchev–Trinajstić information content (AvgIpc) is 2.61. The molecule has 0 atom stereocenters. The van der Waals surface area contributed by atoms with Crippen molar-refractivity contribution < 1.29 is 4.74 Å². The lowest BCUT2D eigenvalue weighted by Gasteiger charge is -2.06. The minimum Gasteiger partial charge on any atom is -0.489 e. The van der Waals surface area contributed by atoms with Crippen LogP contribution in [0.1, 0.15) is 5.56 Å². The van der Waals surface area contributed by atoms with Gasteiger partial charge in [-0.25, -0.2) is 0 Å². The molecule has 0 spiro atoms. The first kappa shape index (κ1) is 14.0. The van der Waals surface area contributed by atoms with Gasteiger partial charge in [0.2, 0.25) is 0 Å². The Morgan fingerprint density at radius 1 is 0.591 bits per heavy atom. The van der Waals surface area contributed by atoms with Gasteiger partial charge >= 0.3 is 0 Å². The molecule has 0 unspecified atom stereocenters.